The Balaban J connectivity index is 2.11. The third kappa shape index (κ3) is 4.16. The van der Waals surface area contributed by atoms with Crippen molar-refractivity contribution in [2.75, 3.05) is 18.1 Å². The molecule has 1 unspecified atom stereocenters. The van der Waals surface area contributed by atoms with Crippen molar-refractivity contribution in [1.82, 2.24) is 20.1 Å². The third-order valence-corrected chi connectivity index (χ3v) is 4.75. The SMILES string of the molecule is CCOC(=O)C1=C(C)N(CC(=O)NC(C)C)c2ncnn2C1c1ccc(C)cc1. The summed E-state index contributed by atoms with van der Waals surface area (Å²) in [7, 11) is 0. The van der Waals surface area contributed by atoms with Gasteiger partial charge >= 0.3 is 5.97 Å². The first-order valence-electron chi connectivity index (χ1n) is 9.74. The van der Waals surface area contributed by atoms with Gasteiger partial charge in [0.2, 0.25) is 11.9 Å². The van der Waals surface area contributed by atoms with E-state index in [0.717, 1.165) is 11.1 Å². The molecule has 0 radical (unpaired) electrons. The second-order valence-corrected chi connectivity index (χ2v) is 7.35. The molecule has 8 nitrogen and oxygen atoms in total. The van der Waals surface area contributed by atoms with E-state index in [4.69, 9.17) is 4.74 Å². The molecule has 1 aromatic carbocycles. The van der Waals surface area contributed by atoms with Gasteiger partial charge < -0.3 is 15.0 Å². The number of anilines is 1. The number of ether oxygens (including phenoxy) is 1. The molecule has 1 aromatic heterocycles. The molecule has 1 amide bonds. The third-order valence-electron chi connectivity index (χ3n) is 4.75. The predicted molar refractivity (Wildman–Crippen MR) is 109 cm³/mol. The molecular formula is C21H27N5O3. The van der Waals surface area contributed by atoms with E-state index < -0.39 is 12.0 Å². The minimum Gasteiger partial charge on any atom is -0.463 e. The van der Waals surface area contributed by atoms with Gasteiger partial charge in [-0.15, -0.1) is 0 Å². The number of hydrogen-bond donors (Lipinski definition) is 1. The Morgan fingerprint density at radius 1 is 1.21 bits per heavy atom. The van der Waals surface area contributed by atoms with Crippen molar-refractivity contribution in [3.8, 4) is 0 Å². The van der Waals surface area contributed by atoms with E-state index in [1.54, 1.807) is 16.5 Å². The van der Waals surface area contributed by atoms with Crippen LogP contribution in [-0.4, -0.2) is 45.8 Å². The van der Waals surface area contributed by atoms with Gasteiger partial charge in [0.1, 0.15) is 18.9 Å². The van der Waals surface area contributed by atoms with Crippen LogP contribution in [0.5, 0.6) is 0 Å². The molecule has 2 heterocycles. The highest BCUT2D eigenvalue weighted by Crippen LogP contribution is 2.38. The molecule has 2 aromatic rings. The van der Waals surface area contributed by atoms with E-state index in [1.807, 2.05) is 52.0 Å². The van der Waals surface area contributed by atoms with Gasteiger partial charge in [-0.3, -0.25) is 4.79 Å². The molecule has 0 fully saturated rings. The number of amides is 1. The average molecular weight is 397 g/mol. The quantitative estimate of drug-likeness (QED) is 0.753. The topological polar surface area (TPSA) is 89.3 Å². The summed E-state index contributed by atoms with van der Waals surface area (Å²) in [5.41, 5.74) is 3.10. The van der Waals surface area contributed by atoms with E-state index >= 15 is 0 Å². The summed E-state index contributed by atoms with van der Waals surface area (Å²) in [6.07, 6.45) is 1.44. The minimum absolute atomic E-state index is 0.0132. The molecule has 154 valence electrons. The van der Waals surface area contributed by atoms with Gasteiger partial charge in [-0.05, 0) is 40.2 Å². The lowest BCUT2D eigenvalue weighted by atomic mass is 9.94. The summed E-state index contributed by atoms with van der Waals surface area (Å²) in [5.74, 6) is -0.0723. The molecule has 1 aliphatic heterocycles. The highest BCUT2D eigenvalue weighted by molar-refractivity contribution is 5.93. The first-order chi connectivity index (χ1) is 13.8. The van der Waals surface area contributed by atoms with Gasteiger partial charge in [0, 0.05) is 11.7 Å². The fourth-order valence-electron chi connectivity index (χ4n) is 3.46. The number of rotatable bonds is 6. The molecule has 3 rings (SSSR count). The molecule has 0 spiro atoms. The lowest BCUT2D eigenvalue weighted by molar-refractivity contribution is -0.139. The Morgan fingerprint density at radius 2 is 1.90 bits per heavy atom. The molecule has 29 heavy (non-hydrogen) atoms. The molecule has 0 saturated heterocycles. The van der Waals surface area contributed by atoms with Gasteiger partial charge in [0.05, 0.1) is 12.2 Å². The van der Waals surface area contributed by atoms with Crippen molar-refractivity contribution < 1.29 is 14.3 Å². The van der Waals surface area contributed by atoms with Crippen LogP contribution in [-0.2, 0) is 14.3 Å². The molecule has 8 heteroatoms. The zero-order valence-electron chi connectivity index (χ0n) is 17.5. The van der Waals surface area contributed by atoms with Crippen LogP contribution in [0.15, 0.2) is 41.9 Å². The highest BCUT2D eigenvalue weighted by Gasteiger charge is 2.38. The van der Waals surface area contributed by atoms with Crippen molar-refractivity contribution in [3.05, 3.63) is 53.0 Å². The molecule has 1 atom stereocenters. The van der Waals surface area contributed by atoms with E-state index in [1.165, 1.54) is 6.33 Å². The largest absolute Gasteiger partial charge is 0.463 e. The predicted octanol–water partition coefficient (Wildman–Crippen LogP) is 2.36. The van der Waals surface area contributed by atoms with Crippen LogP contribution in [0, 0.1) is 6.92 Å². The highest BCUT2D eigenvalue weighted by atomic mass is 16.5. The molecular weight excluding hydrogens is 370 g/mol. The van der Waals surface area contributed by atoms with E-state index in [-0.39, 0.29) is 25.1 Å². The van der Waals surface area contributed by atoms with Crippen LogP contribution >= 0.6 is 0 Å². The van der Waals surface area contributed by atoms with Crippen LogP contribution < -0.4 is 10.2 Å². The number of carbonyl (C=O) groups is 2. The average Bonchev–Trinajstić information content (AvgIpc) is 3.13. The summed E-state index contributed by atoms with van der Waals surface area (Å²) in [5, 5.41) is 7.25. The normalized spacial score (nSPS) is 16.1. The second kappa shape index (κ2) is 8.46. The number of nitrogens with one attached hydrogen (secondary N) is 1. The van der Waals surface area contributed by atoms with Crippen LogP contribution in [0.25, 0.3) is 0 Å². The van der Waals surface area contributed by atoms with E-state index in [0.29, 0.717) is 17.2 Å². The number of fused-ring (bicyclic) bond motifs is 1. The number of benzene rings is 1. The first kappa shape index (κ1) is 20.6. The number of allylic oxidation sites excluding steroid dienone is 1. The zero-order chi connectivity index (χ0) is 21.1. The maximum Gasteiger partial charge on any atom is 0.338 e. The second-order valence-electron chi connectivity index (χ2n) is 7.35. The number of carbonyl (C=O) groups excluding carboxylic acids is 2. The van der Waals surface area contributed by atoms with Gasteiger partial charge in [-0.1, -0.05) is 29.8 Å². The van der Waals surface area contributed by atoms with E-state index in [2.05, 4.69) is 15.4 Å². The fourth-order valence-corrected chi connectivity index (χ4v) is 3.46. The van der Waals surface area contributed by atoms with E-state index in [9.17, 15) is 9.59 Å². The summed E-state index contributed by atoms with van der Waals surface area (Å²) < 4.78 is 7.02. The van der Waals surface area contributed by atoms with Crippen LogP contribution in [0.2, 0.25) is 0 Å². The molecule has 0 aliphatic carbocycles. The van der Waals surface area contributed by atoms with Gasteiger partial charge in [0.15, 0.2) is 0 Å². The van der Waals surface area contributed by atoms with Crippen molar-refractivity contribution in [2.45, 2.75) is 46.7 Å². The summed E-state index contributed by atoms with van der Waals surface area (Å²) in [6, 6.07) is 7.47. The Labute approximate surface area is 170 Å². The number of aryl methyl sites for hydroxylation is 1. The minimum atomic E-state index is -0.475. The molecule has 0 saturated carbocycles. The monoisotopic (exact) mass is 397 g/mol. The zero-order valence-corrected chi connectivity index (χ0v) is 17.5. The summed E-state index contributed by atoms with van der Waals surface area (Å²) in [4.78, 5) is 31.4. The van der Waals surface area contributed by atoms with Crippen LogP contribution in [0.4, 0.5) is 5.95 Å². The standard InChI is InChI=1S/C21H27N5O3/c1-6-29-20(28)18-15(5)25(11-17(27)24-13(2)3)21-22-12-23-26(21)19(18)16-9-7-14(4)8-10-16/h7-10,12-13,19H,6,11H2,1-5H3,(H,24,27). The number of hydrogen-bond acceptors (Lipinski definition) is 6. The van der Waals surface area contributed by atoms with Gasteiger partial charge in [-0.25, -0.2) is 9.48 Å². The van der Waals surface area contributed by atoms with Gasteiger partial charge in [0.25, 0.3) is 0 Å². The van der Waals surface area contributed by atoms with Crippen LogP contribution in [0.1, 0.15) is 44.9 Å². The van der Waals surface area contributed by atoms with Crippen molar-refractivity contribution >= 4 is 17.8 Å². The van der Waals surface area contributed by atoms with Crippen LogP contribution in [0.3, 0.4) is 0 Å². The molecule has 1 aliphatic rings. The number of nitrogens with zero attached hydrogens (tertiary/aromatic N) is 4. The maximum absolute atomic E-state index is 12.9. The van der Waals surface area contributed by atoms with Gasteiger partial charge in [-0.2, -0.15) is 10.1 Å². The first-order valence-corrected chi connectivity index (χ1v) is 9.74. The maximum atomic E-state index is 12.9. The molecule has 1 N–H and O–H groups in total. The number of aromatic nitrogens is 3. The Bertz CT molecular complexity index is 930. The van der Waals surface area contributed by atoms with Crippen molar-refractivity contribution in [1.29, 1.82) is 0 Å². The lowest BCUT2D eigenvalue weighted by Gasteiger charge is -2.35. The Morgan fingerprint density at radius 3 is 2.52 bits per heavy atom. The Hall–Kier alpha value is -3.16. The summed E-state index contributed by atoms with van der Waals surface area (Å²) in [6.45, 7) is 9.68. The molecule has 0 bridgehead atoms. The fraction of sp³-hybridized carbons (Fsp3) is 0.429. The van der Waals surface area contributed by atoms with Crippen molar-refractivity contribution in [2.24, 2.45) is 0 Å². The number of esters is 1. The summed E-state index contributed by atoms with van der Waals surface area (Å²) >= 11 is 0. The lowest BCUT2D eigenvalue weighted by Crippen LogP contribution is -2.44. The Kier molecular flexibility index (Phi) is 6.00. The smallest absolute Gasteiger partial charge is 0.338 e. The van der Waals surface area contributed by atoms with Crippen molar-refractivity contribution in [3.63, 3.8) is 0 Å².